The highest BCUT2D eigenvalue weighted by atomic mass is 79.9. The van der Waals surface area contributed by atoms with Crippen molar-refractivity contribution in [3.63, 3.8) is 0 Å². The zero-order valence-corrected chi connectivity index (χ0v) is 8.09. The van der Waals surface area contributed by atoms with Crippen LogP contribution in [-0.2, 0) is 9.53 Å². The third kappa shape index (κ3) is 1.29. The molecule has 11 heavy (non-hydrogen) atoms. The summed E-state index contributed by atoms with van der Waals surface area (Å²) in [7, 11) is 0. The number of esters is 1. The Balaban J connectivity index is 2.80. The molecule has 1 saturated heterocycles. The van der Waals surface area contributed by atoms with Crippen LogP contribution in [0.1, 0.15) is 20.3 Å². The van der Waals surface area contributed by atoms with Gasteiger partial charge in [0.05, 0.1) is 0 Å². The second-order valence-electron chi connectivity index (χ2n) is 2.87. The van der Waals surface area contributed by atoms with Crippen LogP contribution in [0.25, 0.3) is 0 Å². The maximum Gasteiger partial charge on any atom is 0.325 e. The molecule has 0 radical (unpaired) electrons. The van der Waals surface area contributed by atoms with E-state index in [2.05, 4.69) is 15.9 Å². The number of cyclic esters (lactones) is 1. The van der Waals surface area contributed by atoms with Crippen LogP contribution < -0.4 is 0 Å². The molecule has 64 valence electrons. The minimum absolute atomic E-state index is 0.355. The van der Waals surface area contributed by atoms with Gasteiger partial charge in [-0.05, 0) is 13.3 Å². The Hall–Kier alpha value is -0.0900. The molecule has 0 aliphatic carbocycles. The van der Waals surface area contributed by atoms with Crippen molar-refractivity contribution in [2.75, 3.05) is 0 Å². The minimum Gasteiger partial charge on any atom is -0.458 e. The molecule has 1 unspecified atom stereocenters. The summed E-state index contributed by atoms with van der Waals surface area (Å²) in [5.41, 5.74) is 0. The predicted molar refractivity (Wildman–Crippen MR) is 43.5 cm³/mol. The second kappa shape index (κ2) is 2.75. The first-order valence-corrected chi connectivity index (χ1v) is 4.37. The van der Waals surface area contributed by atoms with E-state index in [1.165, 1.54) is 0 Å². The Morgan fingerprint density at radius 2 is 2.36 bits per heavy atom. The van der Waals surface area contributed by atoms with E-state index < -0.39 is 10.4 Å². The van der Waals surface area contributed by atoms with Gasteiger partial charge >= 0.3 is 5.97 Å². The van der Waals surface area contributed by atoms with Gasteiger partial charge in [-0.3, -0.25) is 4.79 Å². The summed E-state index contributed by atoms with van der Waals surface area (Å²) in [5, 5.41) is 9.49. The van der Waals surface area contributed by atoms with Crippen LogP contribution in [0.15, 0.2) is 0 Å². The van der Waals surface area contributed by atoms with Crippen LogP contribution >= 0.6 is 15.9 Å². The largest absolute Gasteiger partial charge is 0.458 e. The van der Waals surface area contributed by atoms with Gasteiger partial charge in [0.1, 0.15) is 16.5 Å². The van der Waals surface area contributed by atoms with E-state index >= 15 is 0 Å². The molecule has 1 aliphatic heterocycles. The summed E-state index contributed by atoms with van der Waals surface area (Å²) in [6.45, 7) is 3.49. The van der Waals surface area contributed by atoms with E-state index in [9.17, 15) is 9.90 Å². The van der Waals surface area contributed by atoms with Gasteiger partial charge in [0, 0.05) is 0 Å². The summed E-state index contributed by atoms with van der Waals surface area (Å²) in [6.07, 6.45) is -0.444. The molecular formula is C7H11BrO3. The first kappa shape index (κ1) is 9.00. The van der Waals surface area contributed by atoms with E-state index in [1.807, 2.05) is 6.92 Å². The number of rotatable bonds is 1. The van der Waals surface area contributed by atoms with Crippen molar-refractivity contribution in [2.45, 2.75) is 36.8 Å². The lowest BCUT2D eigenvalue weighted by Gasteiger charge is -2.16. The van der Waals surface area contributed by atoms with E-state index in [-0.39, 0.29) is 12.1 Å². The van der Waals surface area contributed by atoms with E-state index in [4.69, 9.17) is 4.74 Å². The van der Waals surface area contributed by atoms with Crippen molar-refractivity contribution in [3.05, 3.63) is 0 Å². The molecule has 3 atom stereocenters. The molecule has 1 fully saturated rings. The van der Waals surface area contributed by atoms with Crippen molar-refractivity contribution in [1.29, 1.82) is 0 Å². The molecule has 1 N–H and O–H groups in total. The highest BCUT2D eigenvalue weighted by Gasteiger charge is 2.51. The van der Waals surface area contributed by atoms with Crippen LogP contribution in [0.4, 0.5) is 0 Å². The zero-order valence-electron chi connectivity index (χ0n) is 6.50. The molecule has 0 aromatic rings. The number of aliphatic hydroxyl groups excluding tert-OH is 1. The normalized spacial score (nSPS) is 44.2. The summed E-state index contributed by atoms with van der Waals surface area (Å²) >= 11 is 3.13. The van der Waals surface area contributed by atoms with Crippen molar-refractivity contribution in [3.8, 4) is 0 Å². The molecule has 0 bridgehead atoms. The lowest BCUT2D eigenvalue weighted by molar-refractivity contribution is -0.142. The monoisotopic (exact) mass is 222 g/mol. The van der Waals surface area contributed by atoms with E-state index in [0.29, 0.717) is 6.42 Å². The van der Waals surface area contributed by atoms with Gasteiger partial charge in [-0.2, -0.15) is 0 Å². The van der Waals surface area contributed by atoms with E-state index in [0.717, 1.165) is 0 Å². The molecule has 1 aliphatic rings. The second-order valence-corrected chi connectivity index (χ2v) is 4.52. The third-order valence-corrected chi connectivity index (χ3v) is 2.76. The molecule has 4 heteroatoms. The molecule has 0 aromatic heterocycles. The fourth-order valence-electron chi connectivity index (χ4n) is 1.09. The Kier molecular flexibility index (Phi) is 2.25. The molecule has 3 nitrogen and oxygen atoms in total. The highest BCUT2D eigenvalue weighted by Crippen LogP contribution is 2.34. The average Bonchev–Trinajstić information content (AvgIpc) is 2.14. The Morgan fingerprint density at radius 3 is 2.55 bits per heavy atom. The highest BCUT2D eigenvalue weighted by molar-refractivity contribution is 9.10. The van der Waals surface area contributed by atoms with Crippen molar-refractivity contribution in [2.24, 2.45) is 0 Å². The average molecular weight is 223 g/mol. The molecule has 0 amide bonds. The predicted octanol–water partition coefficient (Wildman–Crippen LogP) is 0.836. The van der Waals surface area contributed by atoms with Crippen LogP contribution in [0.5, 0.6) is 0 Å². The molecule has 0 spiro atoms. The number of ether oxygens (including phenoxy) is 1. The maximum atomic E-state index is 11.0. The van der Waals surface area contributed by atoms with Gasteiger partial charge in [-0.15, -0.1) is 0 Å². The third-order valence-electron chi connectivity index (χ3n) is 1.97. The van der Waals surface area contributed by atoms with Gasteiger partial charge in [0.15, 0.2) is 0 Å². The first-order valence-electron chi connectivity index (χ1n) is 3.58. The minimum atomic E-state index is -0.909. The Labute approximate surface area is 73.9 Å². The fraction of sp³-hybridized carbons (Fsp3) is 0.857. The van der Waals surface area contributed by atoms with Crippen LogP contribution in [0.3, 0.4) is 0 Å². The maximum absolute atomic E-state index is 11.0. The SMILES string of the molecule is CC[C@H]1OC(=O)C(C)(Br)[C@@H]1O. The van der Waals surface area contributed by atoms with Crippen LogP contribution in [-0.4, -0.2) is 27.6 Å². The van der Waals surface area contributed by atoms with Crippen molar-refractivity contribution >= 4 is 21.9 Å². The van der Waals surface area contributed by atoms with Crippen molar-refractivity contribution in [1.82, 2.24) is 0 Å². The number of carbonyl (C=O) groups is 1. The Bertz CT molecular complexity index is 179. The summed E-state index contributed by atoms with van der Waals surface area (Å²) in [5.74, 6) is -0.378. The molecule has 1 rings (SSSR count). The number of aliphatic hydroxyl groups is 1. The molecule has 0 aromatic carbocycles. The molecule has 1 heterocycles. The Morgan fingerprint density at radius 1 is 1.82 bits per heavy atom. The van der Waals surface area contributed by atoms with Gasteiger partial charge in [0.25, 0.3) is 0 Å². The van der Waals surface area contributed by atoms with Gasteiger partial charge in [0.2, 0.25) is 0 Å². The molecular weight excluding hydrogens is 212 g/mol. The van der Waals surface area contributed by atoms with Gasteiger partial charge < -0.3 is 9.84 Å². The summed E-state index contributed by atoms with van der Waals surface area (Å²) in [6, 6.07) is 0. The fourth-order valence-corrected chi connectivity index (χ4v) is 1.48. The van der Waals surface area contributed by atoms with E-state index in [1.54, 1.807) is 6.92 Å². The smallest absolute Gasteiger partial charge is 0.325 e. The van der Waals surface area contributed by atoms with Crippen LogP contribution in [0, 0.1) is 0 Å². The van der Waals surface area contributed by atoms with Crippen LogP contribution in [0.2, 0.25) is 0 Å². The van der Waals surface area contributed by atoms with Gasteiger partial charge in [-0.25, -0.2) is 0 Å². The number of alkyl halides is 1. The molecule has 0 saturated carbocycles. The lowest BCUT2D eigenvalue weighted by atomic mass is 10.0. The first-order chi connectivity index (χ1) is 5.00. The van der Waals surface area contributed by atoms with Crippen molar-refractivity contribution < 1.29 is 14.6 Å². The summed E-state index contributed by atoms with van der Waals surface area (Å²) < 4.78 is 3.99. The number of halogens is 1. The lowest BCUT2D eigenvalue weighted by Crippen LogP contribution is -2.37. The zero-order chi connectivity index (χ0) is 8.65. The number of carbonyl (C=O) groups excluding carboxylic acids is 1. The topological polar surface area (TPSA) is 46.5 Å². The number of hydrogen-bond donors (Lipinski definition) is 1. The quantitative estimate of drug-likeness (QED) is 0.529. The standard InChI is InChI=1S/C7H11BrO3/c1-3-4-5(9)7(2,8)6(10)11-4/h4-5,9H,3H2,1-2H3/t4-,5-,7?/m1/s1. The summed E-state index contributed by atoms with van der Waals surface area (Å²) in [4.78, 5) is 11.0. The number of hydrogen-bond acceptors (Lipinski definition) is 3. The van der Waals surface area contributed by atoms with Gasteiger partial charge in [-0.1, -0.05) is 22.9 Å².